The Morgan fingerprint density at radius 3 is 2.89 bits per heavy atom. The zero-order chi connectivity index (χ0) is 19.6. The molecule has 3 rings (SSSR count). The van der Waals surface area contributed by atoms with Gasteiger partial charge in [0.15, 0.2) is 0 Å². The van der Waals surface area contributed by atoms with Crippen LogP contribution in [0.3, 0.4) is 0 Å². The van der Waals surface area contributed by atoms with E-state index in [1.165, 1.54) is 10.8 Å². The van der Waals surface area contributed by atoms with Gasteiger partial charge in [-0.1, -0.05) is 12.1 Å². The number of nitrogens with zero attached hydrogens (tertiary/aromatic N) is 1. The van der Waals surface area contributed by atoms with E-state index in [1.54, 1.807) is 38.2 Å². The number of aryl methyl sites for hydroxylation is 1. The van der Waals surface area contributed by atoms with Gasteiger partial charge in [-0.15, -0.1) is 0 Å². The number of aliphatic hydroxyl groups excluding tert-OH is 1. The van der Waals surface area contributed by atoms with Gasteiger partial charge >= 0.3 is 11.7 Å². The van der Waals surface area contributed by atoms with Crippen LogP contribution in [0, 0.1) is 6.92 Å². The summed E-state index contributed by atoms with van der Waals surface area (Å²) in [5, 5.41) is 13.1. The lowest BCUT2D eigenvalue weighted by Crippen LogP contribution is -2.33. The van der Waals surface area contributed by atoms with E-state index in [0.29, 0.717) is 16.8 Å². The third kappa shape index (κ3) is 3.93. The Labute approximate surface area is 154 Å². The van der Waals surface area contributed by atoms with Crippen LogP contribution in [0.1, 0.15) is 28.6 Å². The predicted molar refractivity (Wildman–Crippen MR) is 96.9 cm³/mol. The van der Waals surface area contributed by atoms with E-state index in [2.05, 4.69) is 10.3 Å². The Kier molecular flexibility index (Phi) is 5.43. The van der Waals surface area contributed by atoms with E-state index in [0.717, 1.165) is 0 Å². The molecule has 144 valence electrons. The minimum Gasteiger partial charge on any atom is -0.459 e. The Morgan fingerprint density at radius 1 is 1.41 bits per heavy atom. The highest BCUT2D eigenvalue weighted by Gasteiger charge is 2.36. The van der Waals surface area contributed by atoms with Crippen LogP contribution in [0.5, 0.6) is 0 Å². The van der Waals surface area contributed by atoms with Crippen molar-refractivity contribution in [2.24, 2.45) is 0 Å². The molecule has 1 aliphatic rings. The van der Waals surface area contributed by atoms with Gasteiger partial charge in [0.1, 0.15) is 18.9 Å². The molecule has 0 aliphatic carbocycles. The third-order valence-corrected chi connectivity index (χ3v) is 4.46. The van der Waals surface area contributed by atoms with Gasteiger partial charge in [0.2, 0.25) is 0 Å². The maximum absolute atomic E-state index is 12.3. The summed E-state index contributed by atoms with van der Waals surface area (Å²) in [7, 11) is 1.70. The number of aromatic amines is 1. The van der Waals surface area contributed by atoms with Crippen LogP contribution in [0.4, 0.5) is 5.69 Å². The van der Waals surface area contributed by atoms with Crippen LogP contribution < -0.4 is 16.6 Å². The van der Waals surface area contributed by atoms with Gasteiger partial charge in [-0.3, -0.25) is 14.3 Å². The van der Waals surface area contributed by atoms with E-state index < -0.39 is 35.7 Å². The number of carbonyl (C=O) groups is 1. The van der Waals surface area contributed by atoms with Crippen LogP contribution in [-0.2, 0) is 9.47 Å². The van der Waals surface area contributed by atoms with Crippen molar-refractivity contribution >= 4 is 11.7 Å². The van der Waals surface area contributed by atoms with Crippen LogP contribution in [0.2, 0.25) is 0 Å². The zero-order valence-electron chi connectivity index (χ0n) is 15.0. The number of aliphatic hydroxyl groups is 1. The molecule has 2 aromatic rings. The maximum atomic E-state index is 12.3. The Bertz CT molecular complexity index is 951. The van der Waals surface area contributed by atoms with Gasteiger partial charge in [-0.2, -0.15) is 0 Å². The molecule has 9 heteroatoms. The number of H-pyrrole nitrogens is 1. The summed E-state index contributed by atoms with van der Waals surface area (Å²) in [6.45, 7) is 1.41. The Morgan fingerprint density at radius 2 is 2.15 bits per heavy atom. The smallest absolute Gasteiger partial charge is 0.340 e. The fourth-order valence-corrected chi connectivity index (χ4v) is 2.95. The highest BCUT2D eigenvalue weighted by atomic mass is 16.6. The second-order valence-corrected chi connectivity index (χ2v) is 6.30. The molecule has 1 fully saturated rings. The summed E-state index contributed by atoms with van der Waals surface area (Å²) in [5.74, 6) is -0.545. The molecule has 0 radical (unpaired) electrons. The highest BCUT2D eigenvalue weighted by Crippen LogP contribution is 2.28. The summed E-state index contributed by atoms with van der Waals surface area (Å²) in [6.07, 6.45) is -0.922. The summed E-state index contributed by atoms with van der Waals surface area (Å²) < 4.78 is 12.2. The molecule has 27 heavy (non-hydrogen) atoms. The van der Waals surface area contributed by atoms with Crippen LogP contribution in [0.15, 0.2) is 40.1 Å². The lowest BCUT2D eigenvalue weighted by atomic mass is 10.1. The van der Waals surface area contributed by atoms with Crippen LogP contribution in [-0.4, -0.2) is 46.5 Å². The normalized spacial score (nSPS) is 21.8. The van der Waals surface area contributed by atoms with Crippen molar-refractivity contribution in [2.45, 2.75) is 31.8 Å². The number of nitrogens with one attached hydrogen (secondary N) is 2. The average molecular weight is 375 g/mol. The summed E-state index contributed by atoms with van der Waals surface area (Å²) in [6, 6.07) is 6.89. The molecule has 2 unspecified atom stereocenters. The van der Waals surface area contributed by atoms with Gasteiger partial charge in [0.25, 0.3) is 5.56 Å². The Hall–Kier alpha value is -2.91. The number of esters is 1. The molecule has 0 saturated carbocycles. The van der Waals surface area contributed by atoms with Crippen molar-refractivity contribution in [1.29, 1.82) is 0 Å². The standard InChI is InChI=1S/C18H21N3O6/c1-10-8-21(18(25)20-16(10)23)15-7-13(22)14(27-15)9-26-17(24)11-5-3-4-6-12(11)19-2/h3-6,8,13-15,19,22H,7,9H2,1-2H3,(H,20,23,25)/t13?,14-,15?/m1/s1. The van der Waals surface area contributed by atoms with Crippen molar-refractivity contribution in [3.63, 3.8) is 0 Å². The lowest BCUT2D eigenvalue weighted by molar-refractivity contribution is -0.0532. The first-order valence-electron chi connectivity index (χ1n) is 8.50. The molecule has 3 N–H and O–H groups in total. The van der Waals surface area contributed by atoms with Gasteiger partial charge in [-0.05, 0) is 19.1 Å². The van der Waals surface area contributed by atoms with Gasteiger partial charge in [0.05, 0.1) is 11.7 Å². The minimum atomic E-state index is -0.915. The van der Waals surface area contributed by atoms with Crippen molar-refractivity contribution in [2.75, 3.05) is 19.0 Å². The SMILES string of the molecule is CNc1ccccc1C(=O)OC[C@H]1OC(n2cc(C)c(=O)[nH]c2=O)CC1O. The fourth-order valence-electron chi connectivity index (χ4n) is 2.95. The molecule has 3 atom stereocenters. The lowest BCUT2D eigenvalue weighted by Gasteiger charge is -2.17. The van der Waals surface area contributed by atoms with Crippen molar-refractivity contribution in [3.05, 3.63) is 62.4 Å². The monoisotopic (exact) mass is 375 g/mol. The second-order valence-electron chi connectivity index (χ2n) is 6.30. The number of hydrogen-bond acceptors (Lipinski definition) is 7. The van der Waals surface area contributed by atoms with Gasteiger partial charge < -0.3 is 19.9 Å². The molecule has 1 aromatic heterocycles. The van der Waals surface area contributed by atoms with Gasteiger partial charge in [-0.25, -0.2) is 9.59 Å². The molecular formula is C18H21N3O6. The molecule has 1 saturated heterocycles. The molecule has 2 heterocycles. The van der Waals surface area contributed by atoms with E-state index in [1.807, 2.05) is 0 Å². The number of hydrogen-bond donors (Lipinski definition) is 3. The first-order chi connectivity index (χ1) is 12.9. The quantitative estimate of drug-likeness (QED) is 0.646. The number of carbonyl (C=O) groups excluding carboxylic acids is 1. The van der Waals surface area contributed by atoms with E-state index in [9.17, 15) is 19.5 Å². The number of anilines is 1. The molecule has 1 aliphatic heterocycles. The van der Waals surface area contributed by atoms with Crippen LogP contribution >= 0.6 is 0 Å². The molecule has 0 amide bonds. The number of rotatable bonds is 5. The largest absolute Gasteiger partial charge is 0.459 e. The fraction of sp³-hybridized carbons (Fsp3) is 0.389. The summed E-state index contributed by atoms with van der Waals surface area (Å²) in [5.41, 5.74) is 0.262. The summed E-state index contributed by atoms with van der Waals surface area (Å²) in [4.78, 5) is 37.9. The number of para-hydroxylation sites is 1. The maximum Gasteiger partial charge on any atom is 0.340 e. The minimum absolute atomic E-state index is 0.140. The zero-order valence-corrected chi connectivity index (χ0v) is 15.0. The third-order valence-electron chi connectivity index (χ3n) is 4.46. The number of aromatic nitrogens is 2. The van der Waals surface area contributed by atoms with Gasteiger partial charge in [0, 0.05) is 30.9 Å². The number of ether oxygens (including phenoxy) is 2. The molecule has 9 nitrogen and oxygen atoms in total. The topological polar surface area (TPSA) is 123 Å². The Balaban J connectivity index is 1.67. The van der Waals surface area contributed by atoms with E-state index >= 15 is 0 Å². The van der Waals surface area contributed by atoms with E-state index in [4.69, 9.17) is 9.47 Å². The second kappa shape index (κ2) is 7.77. The molecular weight excluding hydrogens is 354 g/mol. The van der Waals surface area contributed by atoms with Crippen molar-refractivity contribution < 1.29 is 19.4 Å². The first-order valence-corrected chi connectivity index (χ1v) is 8.50. The van der Waals surface area contributed by atoms with Crippen LogP contribution in [0.25, 0.3) is 0 Å². The average Bonchev–Trinajstić information content (AvgIpc) is 3.03. The highest BCUT2D eigenvalue weighted by molar-refractivity contribution is 5.95. The predicted octanol–water partition coefficient (Wildman–Crippen LogP) is 0.392. The first kappa shape index (κ1) is 18.9. The van der Waals surface area contributed by atoms with Crippen molar-refractivity contribution in [3.8, 4) is 0 Å². The van der Waals surface area contributed by atoms with E-state index in [-0.39, 0.29) is 13.0 Å². The van der Waals surface area contributed by atoms with Crippen molar-refractivity contribution in [1.82, 2.24) is 9.55 Å². The number of benzene rings is 1. The molecule has 0 bridgehead atoms. The molecule has 1 aromatic carbocycles. The molecule has 0 spiro atoms. The summed E-state index contributed by atoms with van der Waals surface area (Å²) >= 11 is 0.